The molecule has 5 nitrogen and oxygen atoms in total. The fourth-order valence-corrected chi connectivity index (χ4v) is 3.74. The van der Waals surface area contributed by atoms with E-state index < -0.39 is 6.04 Å². The molecule has 0 aliphatic heterocycles. The van der Waals surface area contributed by atoms with Crippen molar-refractivity contribution >= 4 is 35.0 Å². The third-order valence-electron chi connectivity index (χ3n) is 5.29. The lowest BCUT2D eigenvalue weighted by Gasteiger charge is -2.31. The number of hydrogen-bond acceptors (Lipinski definition) is 3. The first kappa shape index (κ1) is 26.0. The van der Waals surface area contributed by atoms with Crippen molar-refractivity contribution in [3.05, 3.63) is 64.1 Å². The number of para-hydroxylation sites is 1. The van der Waals surface area contributed by atoms with E-state index in [1.807, 2.05) is 51.1 Å². The van der Waals surface area contributed by atoms with Crippen molar-refractivity contribution in [3.8, 4) is 5.75 Å². The van der Waals surface area contributed by atoms with Crippen LogP contribution in [0.25, 0.3) is 0 Å². The van der Waals surface area contributed by atoms with Gasteiger partial charge >= 0.3 is 0 Å². The molecule has 0 bridgehead atoms. The van der Waals surface area contributed by atoms with E-state index >= 15 is 0 Å². The zero-order valence-electron chi connectivity index (χ0n) is 18.9. The molecule has 2 aromatic rings. The Morgan fingerprint density at radius 1 is 1.06 bits per heavy atom. The summed E-state index contributed by atoms with van der Waals surface area (Å²) in [6, 6.07) is 14.1. The average molecular weight is 479 g/mol. The summed E-state index contributed by atoms with van der Waals surface area (Å²) in [6.07, 6.45) is 2.13. The summed E-state index contributed by atoms with van der Waals surface area (Å²) in [4.78, 5) is 27.8. The highest BCUT2D eigenvalue weighted by atomic mass is 35.5. The summed E-state index contributed by atoms with van der Waals surface area (Å²) in [5.41, 5.74) is 0.750. The standard InChI is InChI=1S/C25H32Cl2N2O3/c1-4-18(3)28-25(31)23(5-2)29(17-19-13-14-20(26)16-22(19)27)24(30)12-9-15-32-21-10-7-6-8-11-21/h6-8,10-11,13-14,16,18,23H,4-5,9,12,15,17H2,1-3H3,(H,28,31)/t18-,23-/m1/s1. The second-order valence-corrected chi connectivity index (χ2v) is 8.61. The van der Waals surface area contributed by atoms with Crippen molar-refractivity contribution < 1.29 is 14.3 Å². The van der Waals surface area contributed by atoms with Gasteiger partial charge in [0.05, 0.1) is 6.61 Å². The van der Waals surface area contributed by atoms with Gasteiger partial charge in [-0.05, 0) is 56.0 Å². The first-order valence-electron chi connectivity index (χ1n) is 11.1. The van der Waals surface area contributed by atoms with Gasteiger partial charge in [0.25, 0.3) is 0 Å². The number of ether oxygens (including phenoxy) is 1. The van der Waals surface area contributed by atoms with Crippen LogP contribution in [0.15, 0.2) is 48.5 Å². The highest BCUT2D eigenvalue weighted by Crippen LogP contribution is 2.24. The number of carbonyl (C=O) groups excluding carboxylic acids is 2. The van der Waals surface area contributed by atoms with Crippen molar-refractivity contribution in [2.45, 2.75) is 65.1 Å². The molecule has 0 saturated heterocycles. The van der Waals surface area contributed by atoms with Crippen LogP contribution in [-0.4, -0.2) is 35.4 Å². The van der Waals surface area contributed by atoms with E-state index in [0.29, 0.717) is 29.5 Å². The average Bonchev–Trinajstić information content (AvgIpc) is 2.78. The van der Waals surface area contributed by atoms with Crippen LogP contribution in [0.1, 0.15) is 52.0 Å². The van der Waals surface area contributed by atoms with Gasteiger partial charge in [0.2, 0.25) is 11.8 Å². The van der Waals surface area contributed by atoms with E-state index in [0.717, 1.165) is 17.7 Å². The first-order chi connectivity index (χ1) is 15.3. The zero-order valence-corrected chi connectivity index (χ0v) is 20.5. The molecule has 7 heteroatoms. The molecule has 0 aliphatic carbocycles. The molecule has 1 N–H and O–H groups in total. The predicted molar refractivity (Wildman–Crippen MR) is 130 cm³/mol. The summed E-state index contributed by atoms with van der Waals surface area (Å²) in [7, 11) is 0. The zero-order chi connectivity index (χ0) is 23.5. The lowest BCUT2D eigenvalue weighted by atomic mass is 10.1. The van der Waals surface area contributed by atoms with Gasteiger partial charge in [-0.1, -0.05) is 61.3 Å². The number of nitrogens with zero attached hydrogens (tertiary/aromatic N) is 1. The van der Waals surface area contributed by atoms with E-state index in [2.05, 4.69) is 5.32 Å². The maximum absolute atomic E-state index is 13.2. The third kappa shape index (κ3) is 8.03. The molecule has 174 valence electrons. The smallest absolute Gasteiger partial charge is 0.243 e. The van der Waals surface area contributed by atoms with Crippen molar-refractivity contribution in [2.24, 2.45) is 0 Å². The van der Waals surface area contributed by atoms with Gasteiger partial charge in [0.1, 0.15) is 11.8 Å². The number of halogens is 2. The highest BCUT2D eigenvalue weighted by Gasteiger charge is 2.29. The third-order valence-corrected chi connectivity index (χ3v) is 5.88. The van der Waals surface area contributed by atoms with Gasteiger partial charge in [-0.25, -0.2) is 0 Å². The molecule has 2 amide bonds. The second-order valence-electron chi connectivity index (χ2n) is 7.76. The number of benzene rings is 2. The van der Waals surface area contributed by atoms with Gasteiger partial charge < -0.3 is 15.0 Å². The number of hydrogen-bond donors (Lipinski definition) is 1. The molecule has 2 atom stereocenters. The number of amides is 2. The van der Waals surface area contributed by atoms with Crippen LogP contribution in [0.5, 0.6) is 5.75 Å². The van der Waals surface area contributed by atoms with Crippen LogP contribution in [0.2, 0.25) is 10.0 Å². The van der Waals surface area contributed by atoms with Crippen molar-refractivity contribution in [1.82, 2.24) is 10.2 Å². The van der Waals surface area contributed by atoms with Crippen LogP contribution in [0.3, 0.4) is 0 Å². The molecule has 0 saturated carbocycles. The summed E-state index contributed by atoms with van der Waals surface area (Å²) in [6.45, 7) is 6.52. The normalized spacial score (nSPS) is 12.7. The molecule has 0 aromatic heterocycles. The van der Waals surface area contributed by atoms with E-state index in [-0.39, 0.29) is 30.8 Å². The Kier molecular flexibility index (Phi) is 10.8. The SMILES string of the molecule is CC[C@@H](C)NC(=O)[C@@H](CC)N(Cc1ccc(Cl)cc1Cl)C(=O)CCCOc1ccccc1. The summed E-state index contributed by atoms with van der Waals surface area (Å²) in [5.74, 6) is 0.503. The molecular weight excluding hydrogens is 447 g/mol. The molecule has 0 aliphatic rings. The molecule has 0 unspecified atom stereocenters. The quantitative estimate of drug-likeness (QED) is 0.387. The van der Waals surface area contributed by atoms with Gasteiger partial charge in [-0.15, -0.1) is 0 Å². The summed E-state index contributed by atoms with van der Waals surface area (Å²) in [5, 5.41) is 4.00. The number of carbonyl (C=O) groups is 2. The largest absolute Gasteiger partial charge is 0.494 e. The maximum atomic E-state index is 13.2. The van der Waals surface area contributed by atoms with E-state index in [1.54, 1.807) is 23.1 Å². The van der Waals surface area contributed by atoms with Crippen LogP contribution in [-0.2, 0) is 16.1 Å². The molecule has 2 aromatic carbocycles. The Morgan fingerprint density at radius 3 is 2.41 bits per heavy atom. The molecule has 0 spiro atoms. The van der Waals surface area contributed by atoms with E-state index in [4.69, 9.17) is 27.9 Å². The minimum absolute atomic E-state index is 0.0342. The van der Waals surface area contributed by atoms with Crippen molar-refractivity contribution in [2.75, 3.05) is 6.61 Å². The molecule has 0 radical (unpaired) electrons. The van der Waals surface area contributed by atoms with Crippen LogP contribution >= 0.6 is 23.2 Å². The Bertz CT molecular complexity index is 877. The second kappa shape index (κ2) is 13.3. The van der Waals surface area contributed by atoms with Gasteiger partial charge in [0.15, 0.2) is 0 Å². The number of rotatable bonds is 12. The summed E-state index contributed by atoms with van der Waals surface area (Å²) >= 11 is 12.4. The minimum Gasteiger partial charge on any atom is -0.494 e. The molecule has 32 heavy (non-hydrogen) atoms. The molecule has 0 heterocycles. The van der Waals surface area contributed by atoms with Crippen LogP contribution < -0.4 is 10.1 Å². The van der Waals surface area contributed by atoms with Crippen molar-refractivity contribution in [3.63, 3.8) is 0 Å². The van der Waals surface area contributed by atoms with Crippen LogP contribution in [0, 0.1) is 0 Å². The molecular formula is C25H32Cl2N2O3. The number of nitrogens with one attached hydrogen (secondary N) is 1. The topological polar surface area (TPSA) is 58.6 Å². The first-order valence-corrected chi connectivity index (χ1v) is 11.8. The fourth-order valence-electron chi connectivity index (χ4n) is 3.27. The maximum Gasteiger partial charge on any atom is 0.243 e. The highest BCUT2D eigenvalue weighted by molar-refractivity contribution is 6.35. The van der Waals surface area contributed by atoms with E-state index in [1.165, 1.54) is 0 Å². The Morgan fingerprint density at radius 2 is 1.78 bits per heavy atom. The lowest BCUT2D eigenvalue weighted by Crippen LogP contribution is -2.50. The van der Waals surface area contributed by atoms with Gasteiger partial charge in [-0.3, -0.25) is 9.59 Å². The fraction of sp³-hybridized carbons (Fsp3) is 0.440. The minimum atomic E-state index is -0.585. The van der Waals surface area contributed by atoms with E-state index in [9.17, 15) is 9.59 Å². The Labute approximate surface area is 201 Å². The van der Waals surface area contributed by atoms with Crippen molar-refractivity contribution in [1.29, 1.82) is 0 Å². The van der Waals surface area contributed by atoms with Crippen LogP contribution in [0.4, 0.5) is 0 Å². The predicted octanol–water partition coefficient (Wildman–Crippen LogP) is 5.87. The Hall–Kier alpha value is -2.24. The lowest BCUT2D eigenvalue weighted by molar-refractivity contribution is -0.141. The summed E-state index contributed by atoms with van der Waals surface area (Å²) < 4.78 is 5.70. The monoisotopic (exact) mass is 478 g/mol. The molecule has 2 rings (SSSR count). The Balaban J connectivity index is 2.11. The van der Waals surface area contributed by atoms with Gasteiger partial charge in [0, 0.05) is 29.1 Å². The molecule has 0 fully saturated rings. The van der Waals surface area contributed by atoms with Gasteiger partial charge in [-0.2, -0.15) is 0 Å².